The molecule has 0 aliphatic carbocycles. The van der Waals surface area contributed by atoms with E-state index in [9.17, 15) is 4.79 Å². The normalized spacial score (nSPS) is 14.8. The number of hydrogen-bond donors (Lipinski definition) is 2. The molecule has 0 amide bonds. The fraction of sp³-hybridized carbons (Fsp3) is 0.308. The summed E-state index contributed by atoms with van der Waals surface area (Å²) in [6.45, 7) is 8.69. The first kappa shape index (κ1) is 22.9. The van der Waals surface area contributed by atoms with Gasteiger partial charge in [0.2, 0.25) is 5.88 Å². The maximum Gasteiger partial charge on any atom is 0.259 e. The maximum atomic E-state index is 12.7. The molecular weight excluding hydrogens is 442 g/mol. The Morgan fingerprint density at radius 2 is 1.77 bits per heavy atom. The largest absolute Gasteiger partial charge is 0.480 e. The average molecular weight is 472 g/mol. The summed E-state index contributed by atoms with van der Waals surface area (Å²) in [7, 11) is 1.54. The Morgan fingerprint density at radius 1 is 1.00 bits per heavy atom. The lowest BCUT2D eigenvalue weighted by Gasteiger charge is -2.34. The first-order valence-electron chi connectivity index (χ1n) is 11.8. The average Bonchev–Trinajstić information content (AvgIpc) is 2.90. The number of fused-ring (bicyclic) bond motifs is 1. The van der Waals surface area contributed by atoms with Gasteiger partial charge in [-0.2, -0.15) is 0 Å². The quantitative estimate of drug-likeness (QED) is 0.424. The molecule has 1 fully saturated rings. The van der Waals surface area contributed by atoms with Gasteiger partial charge in [-0.05, 0) is 41.8 Å². The van der Waals surface area contributed by atoms with Crippen molar-refractivity contribution in [3.63, 3.8) is 0 Å². The van der Waals surface area contributed by atoms with E-state index in [1.807, 2.05) is 24.3 Å². The molecular formula is C26H29N7O2. The van der Waals surface area contributed by atoms with E-state index in [0.29, 0.717) is 28.5 Å². The molecule has 180 valence electrons. The molecule has 3 aromatic heterocycles. The van der Waals surface area contributed by atoms with Crippen molar-refractivity contribution < 1.29 is 4.74 Å². The van der Waals surface area contributed by atoms with Crippen molar-refractivity contribution in [3.8, 4) is 17.3 Å². The second kappa shape index (κ2) is 10.2. The SMILES string of the molecule is CCN1CCN(Cc2ccc(Nc3nc(-c4cncc(OC)n4)cc4cc[nH]c(=O)c34)cc2)CC1. The van der Waals surface area contributed by atoms with Gasteiger partial charge in [-0.25, -0.2) is 9.97 Å². The number of rotatable bonds is 7. The number of aromatic nitrogens is 4. The molecule has 0 saturated carbocycles. The van der Waals surface area contributed by atoms with E-state index in [-0.39, 0.29) is 5.56 Å². The lowest BCUT2D eigenvalue weighted by atomic mass is 10.1. The minimum Gasteiger partial charge on any atom is -0.480 e. The molecule has 1 saturated heterocycles. The highest BCUT2D eigenvalue weighted by molar-refractivity contribution is 5.94. The van der Waals surface area contributed by atoms with Crippen LogP contribution in [0.25, 0.3) is 22.2 Å². The third kappa shape index (κ3) is 5.16. The molecule has 0 bridgehead atoms. The Kier molecular flexibility index (Phi) is 6.69. The lowest BCUT2D eigenvalue weighted by molar-refractivity contribution is 0.132. The van der Waals surface area contributed by atoms with Crippen LogP contribution < -0.4 is 15.6 Å². The molecule has 35 heavy (non-hydrogen) atoms. The Balaban J connectivity index is 1.40. The van der Waals surface area contributed by atoms with Crippen LogP contribution in [0.4, 0.5) is 11.5 Å². The fourth-order valence-corrected chi connectivity index (χ4v) is 4.36. The molecule has 9 nitrogen and oxygen atoms in total. The van der Waals surface area contributed by atoms with Crippen LogP contribution in [-0.4, -0.2) is 69.6 Å². The molecule has 0 spiro atoms. The molecule has 1 aliphatic rings. The summed E-state index contributed by atoms with van der Waals surface area (Å²) >= 11 is 0. The van der Waals surface area contributed by atoms with Gasteiger partial charge in [-0.1, -0.05) is 19.1 Å². The molecule has 4 heterocycles. The van der Waals surface area contributed by atoms with Crippen LogP contribution >= 0.6 is 0 Å². The van der Waals surface area contributed by atoms with Gasteiger partial charge < -0.3 is 19.9 Å². The number of hydrogen-bond acceptors (Lipinski definition) is 8. The van der Waals surface area contributed by atoms with Crippen molar-refractivity contribution in [1.29, 1.82) is 0 Å². The molecule has 0 atom stereocenters. The van der Waals surface area contributed by atoms with Gasteiger partial charge in [0.1, 0.15) is 11.5 Å². The van der Waals surface area contributed by atoms with Crippen molar-refractivity contribution >= 4 is 22.3 Å². The summed E-state index contributed by atoms with van der Waals surface area (Å²) in [5.74, 6) is 0.865. The van der Waals surface area contributed by atoms with Crippen LogP contribution in [-0.2, 0) is 6.54 Å². The summed E-state index contributed by atoms with van der Waals surface area (Å²) in [5.41, 5.74) is 3.07. The molecule has 2 N–H and O–H groups in total. The zero-order valence-corrected chi connectivity index (χ0v) is 20.0. The van der Waals surface area contributed by atoms with Gasteiger partial charge in [0, 0.05) is 44.6 Å². The summed E-state index contributed by atoms with van der Waals surface area (Å²) < 4.78 is 5.21. The maximum absolute atomic E-state index is 12.7. The number of H-pyrrole nitrogens is 1. The Labute approximate surface area is 203 Å². The van der Waals surface area contributed by atoms with Gasteiger partial charge in [0.15, 0.2) is 0 Å². The monoisotopic (exact) mass is 471 g/mol. The predicted molar refractivity (Wildman–Crippen MR) is 137 cm³/mol. The smallest absolute Gasteiger partial charge is 0.259 e. The number of benzene rings is 1. The van der Waals surface area contributed by atoms with Crippen molar-refractivity contribution in [3.05, 3.63) is 70.9 Å². The zero-order chi connectivity index (χ0) is 24.2. The topological polar surface area (TPSA) is 99.3 Å². The van der Waals surface area contributed by atoms with Crippen molar-refractivity contribution in [2.45, 2.75) is 13.5 Å². The fourth-order valence-electron chi connectivity index (χ4n) is 4.36. The Bertz CT molecular complexity index is 1360. The van der Waals surface area contributed by atoms with E-state index in [2.05, 4.69) is 49.1 Å². The van der Waals surface area contributed by atoms with Crippen molar-refractivity contribution in [1.82, 2.24) is 29.7 Å². The van der Waals surface area contributed by atoms with E-state index in [1.165, 1.54) is 5.56 Å². The standard InChI is InChI=1S/C26H29N7O2/c1-3-32-10-12-33(13-11-32)17-18-4-6-20(7-5-18)29-25-24-19(8-9-28-26(24)34)14-21(31-25)22-15-27-16-23(30-22)35-2/h4-9,14-16H,3,10-13,17H2,1-2H3,(H,28,34)(H,29,31). The van der Waals surface area contributed by atoms with Gasteiger partial charge in [-0.15, -0.1) is 0 Å². The minimum absolute atomic E-state index is 0.205. The highest BCUT2D eigenvalue weighted by Crippen LogP contribution is 2.27. The van der Waals surface area contributed by atoms with E-state index in [4.69, 9.17) is 9.72 Å². The molecule has 5 rings (SSSR count). The number of methoxy groups -OCH3 is 1. The summed E-state index contributed by atoms with van der Waals surface area (Å²) in [5, 5.41) is 4.59. The van der Waals surface area contributed by atoms with E-state index < -0.39 is 0 Å². The number of ether oxygens (including phenoxy) is 1. The minimum atomic E-state index is -0.205. The molecule has 1 aromatic carbocycles. The van der Waals surface area contributed by atoms with Crippen LogP contribution in [0.3, 0.4) is 0 Å². The summed E-state index contributed by atoms with van der Waals surface area (Å²) in [6, 6.07) is 12.0. The van der Waals surface area contributed by atoms with Crippen molar-refractivity contribution in [2.75, 3.05) is 45.2 Å². The number of nitrogens with zero attached hydrogens (tertiary/aromatic N) is 5. The first-order valence-corrected chi connectivity index (χ1v) is 11.8. The number of anilines is 2. The number of likely N-dealkylation sites (N-methyl/N-ethyl adjacent to an activating group) is 1. The Hall–Kier alpha value is -3.82. The van der Waals surface area contributed by atoms with Crippen LogP contribution in [0.1, 0.15) is 12.5 Å². The highest BCUT2D eigenvalue weighted by Gasteiger charge is 2.16. The summed E-state index contributed by atoms with van der Waals surface area (Å²) in [6.07, 6.45) is 4.80. The van der Waals surface area contributed by atoms with Crippen LogP contribution in [0, 0.1) is 0 Å². The second-order valence-electron chi connectivity index (χ2n) is 8.61. The Morgan fingerprint density at radius 3 is 2.51 bits per heavy atom. The first-order chi connectivity index (χ1) is 17.1. The number of pyridine rings is 2. The zero-order valence-electron chi connectivity index (χ0n) is 20.0. The third-order valence-electron chi connectivity index (χ3n) is 6.37. The van der Waals surface area contributed by atoms with Gasteiger partial charge in [-0.3, -0.25) is 14.7 Å². The van der Waals surface area contributed by atoms with E-state index >= 15 is 0 Å². The predicted octanol–water partition coefficient (Wildman–Crippen LogP) is 3.27. The van der Waals surface area contributed by atoms with Gasteiger partial charge >= 0.3 is 0 Å². The molecule has 9 heteroatoms. The highest BCUT2D eigenvalue weighted by atomic mass is 16.5. The van der Waals surface area contributed by atoms with Crippen LogP contribution in [0.5, 0.6) is 5.88 Å². The van der Waals surface area contributed by atoms with Crippen LogP contribution in [0.2, 0.25) is 0 Å². The van der Waals surface area contributed by atoms with Gasteiger partial charge in [0.25, 0.3) is 5.56 Å². The number of aromatic amines is 1. The lowest BCUT2D eigenvalue weighted by Crippen LogP contribution is -2.45. The molecule has 4 aromatic rings. The molecule has 0 unspecified atom stereocenters. The van der Waals surface area contributed by atoms with Gasteiger partial charge in [0.05, 0.1) is 30.6 Å². The molecule has 0 radical (unpaired) electrons. The second-order valence-corrected chi connectivity index (χ2v) is 8.61. The summed E-state index contributed by atoms with van der Waals surface area (Å²) in [4.78, 5) is 33.7. The van der Waals surface area contributed by atoms with Crippen molar-refractivity contribution in [2.24, 2.45) is 0 Å². The number of piperazine rings is 1. The molecule has 1 aliphatic heterocycles. The number of nitrogens with one attached hydrogen (secondary N) is 2. The third-order valence-corrected chi connectivity index (χ3v) is 6.37. The van der Waals surface area contributed by atoms with E-state index in [0.717, 1.165) is 50.3 Å². The van der Waals surface area contributed by atoms with Crippen LogP contribution in [0.15, 0.2) is 59.8 Å². The van der Waals surface area contributed by atoms with E-state index in [1.54, 1.807) is 25.7 Å².